The molecule has 1 aromatic rings. The van der Waals surface area contributed by atoms with Gasteiger partial charge in [0.1, 0.15) is 0 Å². The van der Waals surface area contributed by atoms with Gasteiger partial charge in [-0.25, -0.2) is 12.7 Å². The monoisotopic (exact) mass is 376 g/mol. The third-order valence-electron chi connectivity index (χ3n) is 3.60. The zero-order valence-electron chi connectivity index (χ0n) is 12.7. The Hall–Kier alpha value is -1.08. The van der Waals surface area contributed by atoms with Crippen molar-refractivity contribution in [2.75, 3.05) is 32.4 Å². The first-order valence-corrected chi connectivity index (χ1v) is 9.75. The summed E-state index contributed by atoms with van der Waals surface area (Å²) in [7, 11) is -3.21. The van der Waals surface area contributed by atoms with Crippen LogP contribution in [0.2, 0.25) is 10.0 Å². The van der Waals surface area contributed by atoms with E-state index in [0.717, 1.165) is 5.56 Å². The number of sulfonamides is 1. The van der Waals surface area contributed by atoms with Gasteiger partial charge in [0.25, 0.3) is 0 Å². The van der Waals surface area contributed by atoms with Crippen LogP contribution in [0.4, 0.5) is 0 Å². The minimum Gasteiger partial charge on any atom is -0.338 e. The van der Waals surface area contributed by atoms with Crippen LogP contribution in [-0.4, -0.2) is 56.0 Å². The van der Waals surface area contributed by atoms with E-state index in [0.29, 0.717) is 42.6 Å². The summed E-state index contributed by atoms with van der Waals surface area (Å²) in [5.74, 6) is -0.147. The van der Waals surface area contributed by atoms with Crippen molar-refractivity contribution in [1.82, 2.24) is 9.21 Å². The van der Waals surface area contributed by atoms with Crippen LogP contribution < -0.4 is 0 Å². The maximum Gasteiger partial charge on any atom is 0.246 e. The van der Waals surface area contributed by atoms with Gasteiger partial charge in [-0.2, -0.15) is 0 Å². The number of hydrogen-bond donors (Lipinski definition) is 0. The van der Waals surface area contributed by atoms with Crippen LogP contribution in [0.3, 0.4) is 0 Å². The molecule has 0 radical (unpaired) electrons. The summed E-state index contributed by atoms with van der Waals surface area (Å²) < 4.78 is 24.5. The first-order chi connectivity index (χ1) is 10.8. The SMILES string of the molecule is CS(=O)(=O)N1CCCN(C(=O)/C=C/c2ccc(Cl)c(Cl)c2)CC1. The minimum absolute atomic E-state index is 0.147. The van der Waals surface area contributed by atoms with Gasteiger partial charge in [-0.15, -0.1) is 0 Å². The van der Waals surface area contributed by atoms with Gasteiger partial charge in [-0.1, -0.05) is 29.3 Å². The Morgan fingerprint density at radius 2 is 1.87 bits per heavy atom. The number of carbonyl (C=O) groups excluding carboxylic acids is 1. The van der Waals surface area contributed by atoms with E-state index in [9.17, 15) is 13.2 Å². The molecule has 1 amide bonds. The fourth-order valence-corrected chi connectivity index (χ4v) is 3.52. The molecule has 5 nitrogen and oxygen atoms in total. The standard InChI is InChI=1S/C15H18Cl2N2O3S/c1-23(21,22)19-8-2-7-18(9-10-19)15(20)6-4-12-3-5-13(16)14(17)11-12/h3-6,11H,2,7-10H2,1H3/b6-4+. The molecule has 1 heterocycles. The Bertz CT molecular complexity index is 719. The van der Waals surface area contributed by atoms with Gasteiger partial charge in [0, 0.05) is 32.3 Å². The van der Waals surface area contributed by atoms with Gasteiger partial charge < -0.3 is 4.90 Å². The van der Waals surface area contributed by atoms with E-state index >= 15 is 0 Å². The average molecular weight is 377 g/mol. The van der Waals surface area contributed by atoms with Crippen LogP contribution in [0, 0.1) is 0 Å². The van der Waals surface area contributed by atoms with Crippen LogP contribution in [0.5, 0.6) is 0 Å². The zero-order valence-corrected chi connectivity index (χ0v) is 15.0. The quantitative estimate of drug-likeness (QED) is 0.761. The lowest BCUT2D eigenvalue weighted by molar-refractivity contribution is -0.125. The van der Waals surface area contributed by atoms with Crippen LogP contribution in [0.1, 0.15) is 12.0 Å². The van der Waals surface area contributed by atoms with E-state index in [1.807, 2.05) is 0 Å². The van der Waals surface area contributed by atoms with Crippen molar-refractivity contribution in [2.45, 2.75) is 6.42 Å². The largest absolute Gasteiger partial charge is 0.338 e. The summed E-state index contributed by atoms with van der Waals surface area (Å²) in [5, 5.41) is 0.892. The highest BCUT2D eigenvalue weighted by molar-refractivity contribution is 7.88. The van der Waals surface area contributed by atoms with Crippen LogP contribution in [0.15, 0.2) is 24.3 Å². The molecule has 1 fully saturated rings. The summed E-state index contributed by atoms with van der Waals surface area (Å²) >= 11 is 11.8. The smallest absolute Gasteiger partial charge is 0.246 e. The fraction of sp³-hybridized carbons (Fsp3) is 0.400. The second-order valence-corrected chi connectivity index (χ2v) is 8.14. The highest BCUT2D eigenvalue weighted by atomic mass is 35.5. The molecular formula is C15H18Cl2N2O3S. The number of benzene rings is 1. The third kappa shape index (κ3) is 5.21. The molecule has 1 aliphatic rings. The highest BCUT2D eigenvalue weighted by Crippen LogP contribution is 2.23. The Morgan fingerprint density at radius 3 is 2.52 bits per heavy atom. The predicted molar refractivity (Wildman–Crippen MR) is 93.1 cm³/mol. The summed E-state index contributed by atoms with van der Waals surface area (Å²) in [6, 6.07) is 5.12. The number of nitrogens with zero attached hydrogens (tertiary/aromatic N) is 2. The van der Waals surface area contributed by atoms with Crippen LogP contribution in [0.25, 0.3) is 6.08 Å². The molecule has 1 aromatic carbocycles. The minimum atomic E-state index is -3.21. The first-order valence-electron chi connectivity index (χ1n) is 7.14. The molecule has 0 unspecified atom stereocenters. The second-order valence-electron chi connectivity index (χ2n) is 5.35. The summed E-state index contributed by atoms with van der Waals surface area (Å²) in [6.07, 6.45) is 4.95. The molecule has 126 valence electrons. The van der Waals surface area contributed by atoms with Gasteiger partial charge in [-0.3, -0.25) is 4.79 Å². The lowest BCUT2D eigenvalue weighted by atomic mass is 10.2. The molecule has 23 heavy (non-hydrogen) atoms. The van der Waals surface area contributed by atoms with E-state index in [1.54, 1.807) is 29.2 Å². The lowest BCUT2D eigenvalue weighted by Gasteiger charge is -2.19. The van der Waals surface area contributed by atoms with E-state index in [4.69, 9.17) is 23.2 Å². The molecule has 8 heteroatoms. The molecule has 1 saturated heterocycles. The molecule has 1 aliphatic heterocycles. The Morgan fingerprint density at radius 1 is 1.13 bits per heavy atom. The van der Waals surface area contributed by atoms with Gasteiger partial charge in [0.2, 0.25) is 15.9 Å². The maximum atomic E-state index is 12.2. The van der Waals surface area contributed by atoms with Crippen LogP contribution in [-0.2, 0) is 14.8 Å². The van der Waals surface area contributed by atoms with Crippen molar-refractivity contribution in [3.63, 3.8) is 0 Å². The summed E-state index contributed by atoms with van der Waals surface area (Å²) in [5.41, 5.74) is 0.778. The summed E-state index contributed by atoms with van der Waals surface area (Å²) in [6.45, 7) is 1.69. The van der Waals surface area contributed by atoms with E-state index < -0.39 is 10.0 Å². The predicted octanol–water partition coefficient (Wildman–Crippen LogP) is 2.50. The zero-order chi connectivity index (χ0) is 17.0. The molecule has 0 aliphatic carbocycles. The Kier molecular flexibility index (Phi) is 6.08. The van der Waals surface area contributed by atoms with Crippen molar-refractivity contribution in [3.05, 3.63) is 39.9 Å². The number of amides is 1. The lowest BCUT2D eigenvalue weighted by Crippen LogP contribution is -2.36. The van der Waals surface area contributed by atoms with Crippen molar-refractivity contribution in [2.24, 2.45) is 0 Å². The highest BCUT2D eigenvalue weighted by Gasteiger charge is 2.22. The Balaban J connectivity index is 2.00. The molecule has 0 saturated carbocycles. The summed E-state index contributed by atoms with van der Waals surface area (Å²) in [4.78, 5) is 13.9. The molecule has 2 rings (SSSR count). The van der Waals surface area contributed by atoms with Crippen molar-refractivity contribution in [3.8, 4) is 0 Å². The van der Waals surface area contributed by atoms with E-state index in [1.165, 1.54) is 16.6 Å². The van der Waals surface area contributed by atoms with Gasteiger partial charge in [0.15, 0.2) is 0 Å². The van der Waals surface area contributed by atoms with Gasteiger partial charge >= 0.3 is 0 Å². The second kappa shape index (κ2) is 7.66. The molecule has 0 atom stereocenters. The number of carbonyl (C=O) groups is 1. The van der Waals surface area contributed by atoms with Gasteiger partial charge in [0.05, 0.1) is 16.3 Å². The molecule has 0 N–H and O–H groups in total. The molecule has 0 spiro atoms. The number of hydrogen-bond acceptors (Lipinski definition) is 3. The number of rotatable bonds is 3. The van der Waals surface area contributed by atoms with E-state index in [2.05, 4.69) is 0 Å². The fourth-order valence-electron chi connectivity index (χ4n) is 2.33. The maximum absolute atomic E-state index is 12.2. The third-order valence-corrected chi connectivity index (χ3v) is 5.64. The van der Waals surface area contributed by atoms with Crippen molar-refractivity contribution < 1.29 is 13.2 Å². The van der Waals surface area contributed by atoms with E-state index in [-0.39, 0.29) is 5.91 Å². The van der Waals surface area contributed by atoms with Crippen molar-refractivity contribution >= 4 is 45.2 Å². The van der Waals surface area contributed by atoms with Crippen molar-refractivity contribution in [1.29, 1.82) is 0 Å². The number of halogens is 2. The molecule has 0 bridgehead atoms. The Labute approximate surface area is 146 Å². The molecule has 0 aromatic heterocycles. The van der Waals surface area contributed by atoms with Gasteiger partial charge in [-0.05, 0) is 30.2 Å². The average Bonchev–Trinajstić information content (AvgIpc) is 2.74. The first kappa shape index (κ1) is 18.3. The molecular weight excluding hydrogens is 359 g/mol. The topological polar surface area (TPSA) is 57.7 Å². The van der Waals surface area contributed by atoms with Crippen LogP contribution >= 0.6 is 23.2 Å². The normalized spacial score (nSPS) is 17.4.